The molecule has 0 unspecified atom stereocenters. The summed E-state index contributed by atoms with van der Waals surface area (Å²) in [6.07, 6.45) is 8.37. The third-order valence-corrected chi connectivity index (χ3v) is 7.93. The van der Waals surface area contributed by atoms with Crippen molar-refractivity contribution < 1.29 is 14.6 Å². The Labute approximate surface area is 232 Å². The summed E-state index contributed by atoms with van der Waals surface area (Å²) in [6.45, 7) is 1.05. The first kappa shape index (κ1) is 24.3. The maximum absolute atomic E-state index is 11.9. The lowest BCUT2D eigenvalue weighted by molar-refractivity contribution is 0.0694. The third kappa shape index (κ3) is 4.75. The van der Waals surface area contributed by atoms with Gasteiger partial charge in [0, 0.05) is 41.3 Å². The molecule has 3 aromatic carbocycles. The SMILES string of the molecule is O=C(O)c1ccc(Nc2ccc(N3CCC[C@H]3c3ccccc3C3CC3)cc2)cc1Oc1cnc2[nH]ccc2c1. The predicted octanol–water partition coefficient (Wildman–Crippen LogP) is 8.02. The summed E-state index contributed by atoms with van der Waals surface area (Å²) >= 11 is 0. The van der Waals surface area contributed by atoms with Gasteiger partial charge in [-0.15, -0.1) is 0 Å². The first-order valence-corrected chi connectivity index (χ1v) is 13.8. The minimum atomic E-state index is -1.05. The molecule has 7 rings (SSSR count). The van der Waals surface area contributed by atoms with Gasteiger partial charge in [-0.3, -0.25) is 0 Å². The van der Waals surface area contributed by atoms with Crippen LogP contribution in [0.1, 0.15) is 59.1 Å². The number of fused-ring (bicyclic) bond motifs is 1. The largest absolute Gasteiger partial charge is 0.478 e. The zero-order valence-electron chi connectivity index (χ0n) is 22.0. The molecule has 3 N–H and O–H groups in total. The minimum Gasteiger partial charge on any atom is -0.478 e. The lowest BCUT2D eigenvalue weighted by Gasteiger charge is -2.29. The lowest BCUT2D eigenvalue weighted by atomic mass is 9.95. The van der Waals surface area contributed by atoms with Gasteiger partial charge in [0.25, 0.3) is 0 Å². The van der Waals surface area contributed by atoms with E-state index in [2.05, 4.69) is 68.7 Å². The van der Waals surface area contributed by atoms with E-state index >= 15 is 0 Å². The van der Waals surface area contributed by atoms with E-state index in [-0.39, 0.29) is 11.3 Å². The highest BCUT2D eigenvalue weighted by atomic mass is 16.5. The summed E-state index contributed by atoms with van der Waals surface area (Å²) < 4.78 is 5.99. The van der Waals surface area contributed by atoms with Crippen LogP contribution in [0.25, 0.3) is 11.0 Å². The van der Waals surface area contributed by atoms with Gasteiger partial charge in [0.1, 0.15) is 22.7 Å². The van der Waals surface area contributed by atoms with Crippen molar-refractivity contribution in [2.24, 2.45) is 0 Å². The molecule has 7 nitrogen and oxygen atoms in total. The molecular formula is C33H30N4O3. The Bertz CT molecular complexity index is 1690. The van der Waals surface area contributed by atoms with E-state index in [9.17, 15) is 9.90 Å². The fraction of sp³-hybridized carbons (Fsp3) is 0.212. The summed E-state index contributed by atoms with van der Waals surface area (Å²) in [6, 6.07) is 26.6. The van der Waals surface area contributed by atoms with E-state index in [4.69, 9.17) is 4.74 Å². The van der Waals surface area contributed by atoms with Crippen LogP contribution in [0.3, 0.4) is 0 Å². The van der Waals surface area contributed by atoms with E-state index in [0.29, 0.717) is 11.8 Å². The Morgan fingerprint density at radius 2 is 1.75 bits per heavy atom. The van der Waals surface area contributed by atoms with Gasteiger partial charge in [0.15, 0.2) is 0 Å². The fourth-order valence-corrected chi connectivity index (χ4v) is 5.85. The van der Waals surface area contributed by atoms with Crippen LogP contribution in [0, 0.1) is 0 Å². The number of aromatic nitrogens is 2. The molecule has 1 saturated carbocycles. The van der Waals surface area contributed by atoms with Crippen LogP contribution in [-0.4, -0.2) is 27.6 Å². The molecule has 0 radical (unpaired) electrons. The number of nitrogens with zero attached hydrogens (tertiary/aromatic N) is 2. The first-order chi connectivity index (χ1) is 19.6. The standard InChI is InChI=1S/C33H30N4O3/c38-33(39)29-14-11-24(19-31(29)40-26-18-22-15-16-34-32(22)35-20-26)36-23-9-12-25(13-10-23)37-17-3-6-30(37)28-5-2-1-4-27(28)21-7-8-21/h1-2,4-5,9-16,18-21,30,36H,3,6-8,17H2,(H,34,35)(H,38,39)/t30-/m0/s1. The fourth-order valence-electron chi connectivity index (χ4n) is 5.85. The Morgan fingerprint density at radius 3 is 2.55 bits per heavy atom. The van der Waals surface area contributed by atoms with E-state index in [1.165, 1.54) is 42.5 Å². The van der Waals surface area contributed by atoms with E-state index in [0.717, 1.165) is 34.9 Å². The van der Waals surface area contributed by atoms with Crippen molar-refractivity contribution in [3.8, 4) is 11.5 Å². The van der Waals surface area contributed by atoms with E-state index in [1.54, 1.807) is 30.6 Å². The predicted molar refractivity (Wildman–Crippen MR) is 157 cm³/mol. The molecule has 0 spiro atoms. The highest BCUT2D eigenvalue weighted by Crippen LogP contribution is 2.46. The smallest absolute Gasteiger partial charge is 0.339 e. The van der Waals surface area contributed by atoms with Crippen molar-refractivity contribution in [1.82, 2.24) is 9.97 Å². The number of benzene rings is 3. The van der Waals surface area contributed by atoms with Crippen LogP contribution in [0.4, 0.5) is 17.1 Å². The van der Waals surface area contributed by atoms with Crippen LogP contribution in [0.5, 0.6) is 11.5 Å². The van der Waals surface area contributed by atoms with Crippen molar-refractivity contribution in [3.63, 3.8) is 0 Å². The summed E-state index contributed by atoms with van der Waals surface area (Å²) in [5.41, 5.74) is 6.73. The number of carboxylic acid groups (broad SMARTS) is 1. The van der Waals surface area contributed by atoms with Gasteiger partial charge < -0.3 is 25.0 Å². The molecule has 1 aliphatic carbocycles. The number of aromatic carboxylic acids is 1. The Morgan fingerprint density at radius 1 is 0.950 bits per heavy atom. The second-order valence-electron chi connectivity index (χ2n) is 10.6. The van der Waals surface area contributed by atoms with Gasteiger partial charge in [-0.25, -0.2) is 9.78 Å². The number of aromatic amines is 1. The van der Waals surface area contributed by atoms with E-state index in [1.807, 2.05) is 12.1 Å². The molecule has 200 valence electrons. The maximum atomic E-state index is 11.9. The highest BCUT2D eigenvalue weighted by Gasteiger charge is 2.32. The highest BCUT2D eigenvalue weighted by molar-refractivity contribution is 5.92. The van der Waals surface area contributed by atoms with Crippen molar-refractivity contribution >= 4 is 34.1 Å². The topological polar surface area (TPSA) is 90.5 Å². The molecule has 2 fully saturated rings. The van der Waals surface area contributed by atoms with Crippen LogP contribution >= 0.6 is 0 Å². The number of hydrogen-bond donors (Lipinski definition) is 3. The molecule has 0 bridgehead atoms. The van der Waals surface area contributed by atoms with Gasteiger partial charge in [0.05, 0.1) is 12.2 Å². The average Bonchev–Trinajstić information content (AvgIpc) is 3.51. The van der Waals surface area contributed by atoms with E-state index < -0.39 is 5.97 Å². The molecule has 1 aliphatic heterocycles. The second-order valence-corrected chi connectivity index (χ2v) is 10.6. The molecule has 2 aliphatic rings. The van der Waals surface area contributed by atoms with Gasteiger partial charge in [-0.1, -0.05) is 24.3 Å². The number of carbonyl (C=O) groups is 1. The van der Waals surface area contributed by atoms with Crippen LogP contribution in [0.15, 0.2) is 91.3 Å². The number of ether oxygens (including phenoxy) is 1. The molecule has 0 amide bonds. The Kier molecular flexibility index (Phi) is 6.11. The number of nitrogens with one attached hydrogen (secondary N) is 2. The maximum Gasteiger partial charge on any atom is 0.339 e. The summed E-state index contributed by atoms with van der Waals surface area (Å²) in [7, 11) is 0. The van der Waals surface area contributed by atoms with Crippen molar-refractivity contribution in [3.05, 3.63) is 108 Å². The van der Waals surface area contributed by atoms with Crippen LogP contribution in [0.2, 0.25) is 0 Å². The number of pyridine rings is 1. The molecule has 3 heterocycles. The zero-order chi connectivity index (χ0) is 27.1. The number of rotatable bonds is 8. The summed E-state index contributed by atoms with van der Waals surface area (Å²) in [5, 5.41) is 14.0. The zero-order valence-corrected chi connectivity index (χ0v) is 22.0. The summed E-state index contributed by atoms with van der Waals surface area (Å²) in [5.74, 6) is 0.406. The van der Waals surface area contributed by atoms with Gasteiger partial charge in [-0.2, -0.15) is 0 Å². The molecule has 40 heavy (non-hydrogen) atoms. The number of hydrogen-bond acceptors (Lipinski definition) is 5. The normalized spacial score (nSPS) is 16.8. The quantitative estimate of drug-likeness (QED) is 0.188. The molecule has 1 saturated heterocycles. The number of anilines is 3. The van der Waals surface area contributed by atoms with Gasteiger partial charge >= 0.3 is 5.97 Å². The molecule has 1 atom stereocenters. The van der Waals surface area contributed by atoms with Crippen molar-refractivity contribution in [2.75, 3.05) is 16.8 Å². The van der Waals surface area contributed by atoms with Crippen molar-refractivity contribution in [1.29, 1.82) is 0 Å². The Balaban J connectivity index is 1.10. The second kappa shape index (κ2) is 10.1. The van der Waals surface area contributed by atoms with Crippen molar-refractivity contribution in [2.45, 2.75) is 37.6 Å². The number of carboxylic acids is 1. The number of H-pyrrole nitrogens is 1. The third-order valence-electron chi connectivity index (χ3n) is 7.93. The molecular weight excluding hydrogens is 500 g/mol. The summed E-state index contributed by atoms with van der Waals surface area (Å²) in [4.78, 5) is 21.8. The Hall–Kier alpha value is -4.78. The van der Waals surface area contributed by atoms with Gasteiger partial charge in [-0.05, 0) is 91.3 Å². The molecule has 7 heteroatoms. The monoisotopic (exact) mass is 530 g/mol. The average molecular weight is 531 g/mol. The molecule has 2 aromatic heterocycles. The lowest BCUT2D eigenvalue weighted by Crippen LogP contribution is -2.23. The minimum absolute atomic E-state index is 0.0848. The van der Waals surface area contributed by atoms with Crippen LogP contribution in [-0.2, 0) is 0 Å². The first-order valence-electron chi connectivity index (χ1n) is 13.8. The van der Waals surface area contributed by atoms with Gasteiger partial charge in [0.2, 0.25) is 0 Å². The molecule has 5 aromatic rings. The van der Waals surface area contributed by atoms with Crippen LogP contribution < -0.4 is 15.0 Å².